The molecule has 8 nitrogen and oxygen atoms in total. The van der Waals surface area contributed by atoms with Crippen LogP contribution < -0.4 is 22.1 Å². The maximum absolute atomic E-state index is 12.8. The van der Waals surface area contributed by atoms with Gasteiger partial charge in [0.25, 0.3) is 11.8 Å². The summed E-state index contributed by atoms with van der Waals surface area (Å²) in [4.78, 5) is 36.6. The average Bonchev–Trinajstić information content (AvgIpc) is 3.39. The molecular formula is C22H26N4O4. The van der Waals surface area contributed by atoms with E-state index in [0.717, 1.165) is 0 Å². The van der Waals surface area contributed by atoms with Crippen molar-refractivity contribution < 1.29 is 19.1 Å². The highest BCUT2D eigenvalue weighted by Crippen LogP contribution is 2.56. The standard InChI is InChI=1S/C22H26N4O4/c1-21(2,3)17-12-22(17,30-20(24)29)19(28)25-14-10-8-13(9-11-14)18(27)26-16-7-5-4-6-15(16)23/h4-11,17H,12,23H2,1-3H3,(H2,24,29)(H,25,28)(H,26,27). The second kappa shape index (κ2) is 7.70. The Morgan fingerprint density at radius 1 is 1.03 bits per heavy atom. The Morgan fingerprint density at radius 2 is 1.67 bits per heavy atom. The molecule has 2 aromatic rings. The Morgan fingerprint density at radius 3 is 2.20 bits per heavy atom. The molecule has 0 bridgehead atoms. The van der Waals surface area contributed by atoms with Crippen molar-refractivity contribution in [3.63, 3.8) is 0 Å². The SMILES string of the molecule is CC(C)(C)C1CC1(OC(N)=O)C(=O)Nc1ccc(C(=O)Nc2ccccc2N)cc1. The lowest BCUT2D eigenvalue weighted by Gasteiger charge is -2.24. The van der Waals surface area contributed by atoms with Gasteiger partial charge in [0, 0.05) is 23.6 Å². The fourth-order valence-electron chi connectivity index (χ4n) is 3.59. The van der Waals surface area contributed by atoms with E-state index in [-0.39, 0.29) is 17.2 Å². The first-order valence-electron chi connectivity index (χ1n) is 9.59. The maximum atomic E-state index is 12.8. The summed E-state index contributed by atoms with van der Waals surface area (Å²) in [5.74, 6) is -0.899. The number of amides is 3. The number of carbonyl (C=O) groups is 3. The molecule has 0 aliphatic heterocycles. The van der Waals surface area contributed by atoms with E-state index in [1.165, 1.54) is 0 Å². The first-order valence-corrected chi connectivity index (χ1v) is 9.59. The van der Waals surface area contributed by atoms with Crippen molar-refractivity contribution in [3.05, 3.63) is 54.1 Å². The van der Waals surface area contributed by atoms with Crippen LogP contribution in [0.25, 0.3) is 0 Å². The Hall–Kier alpha value is -3.55. The lowest BCUT2D eigenvalue weighted by molar-refractivity contribution is -0.127. The molecule has 3 rings (SSSR count). The number of hydrogen-bond donors (Lipinski definition) is 4. The van der Waals surface area contributed by atoms with Crippen molar-refractivity contribution >= 4 is 35.0 Å². The van der Waals surface area contributed by atoms with Gasteiger partial charge in [-0.2, -0.15) is 0 Å². The summed E-state index contributed by atoms with van der Waals surface area (Å²) >= 11 is 0. The zero-order valence-electron chi connectivity index (χ0n) is 17.2. The number of carbonyl (C=O) groups excluding carboxylic acids is 3. The lowest BCUT2D eigenvalue weighted by atomic mass is 9.87. The summed E-state index contributed by atoms with van der Waals surface area (Å²) in [6.45, 7) is 5.93. The second-order valence-electron chi connectivity index (χ2n) is 8.51. The van der Waals surface area contributed by atoms with Crippen molar-refractivity contribution in [2.24, 2.45) is 17.1 Å². The number of primary amides is 1. The van der Waals surface area contributed by atoms with Crippen LogP contribution in [0.3, 0.4) is 0 Å². The molecule has 0 saturated heterocycles. The molecule has 6 N–H and O–H groups in total. The Labute approximate surface area is 175 Å². The summed E-state index contributed by atoms with van der Waals surface area (Å²) in [6.07, 6.45) is -0.575. The highest BCUT2D eigenvalue weighted by atomic mass is 16.6. The van der Waals surface area contributed by atoms with Crippen LogP contribution in [-0.4, -0.2) is 23.5 Å². The molecule has 2 unspecified atom stereocenters. The number of ether oxygens (including phenoxy) is 1. The zero-order valence-corrected chi connectivity index (χ0v) is 17.2. The van der Waals surface area contributed by atoms with Crippen LogP contribution in [0.5, 0.6) is 0 Å². The number of nitrogens with two attached hydrogens (primary N) is 2. The fourth-order valence-corrected chi connectivity index (χ4v) is 3.59. The highest BCUT2D eigenvalue weighted by Gasteiger charge is 2.67. The Balaban J connectivity index is 1.69. The smallest absolute Gasteiger partial charge is 0.405 e. The Bertz CT molecular complexity index is 981. The molecule has 1 aliphatic carbocycles. The van der Waals surface area contributed by atoms with Crippen molar-refractivity contribution in [2.45, 2.75) is 32.8 Å². The molecule has 2 aromatic carbocycles. The van der Waals surface area contributed by atoms with E-state index in [1.807, 2.05) is 20.8 Å². The second-order valence-corrected chi connectivity index (χ2v) is 8.51. The highest BCUT2D eigenvalue weighted by molar-refractivity contribution is 6.06. The van der Waals surface area contributed by atoms with E-state index in [1.54, 1.807) is 48.5 Å². The molecule has 0 heterocycles. The van der Waals surface area contributed by atoms with Crippen molar-refractivity contribution in [3.8, 4) is 0 Å². The maximum Gasteiger partial charge on any atom is 0.405 e. The number of benzene rings is 2. The van der Waals surface area contributed by atoms with Crippen molar-refractivity contribution in [1.29, 1.82) is 0 Å². The van der Waals surface area contributed by atoms with Gasteiger partial charge in [-0.1, -0.05) is 32.9 Å². The molecule has 1 aliphatic rings. The van der Waals surface area contributed by atoms with Gasteiger partial charge < -0.3 is 26.8 Å². The molecule has 0 spiro atoms. The minimum Gasteiger partial charge on any atom is -0.433 e. The quantitative estimate of drug-likeness (QED) is 0.560. The molecule has 0 aromatic heterocycles. The van der Waals surface area contributed by atoms with Crippen LogP contribution in [-0.2, 0) is 9.53 Å². The van der Waals surface area contributed by atoms with Crippen LogP contribution in [0.4, 0.5) is 21.9 Å². The molecule has 8 heteroatoms. The summed E-state index contributed by atoms with van der Waals surface area (Å²) in [5, 5.41) is 5.50. The van der Waals surface area contributed by atoms with E-state index in [0.29, 0.717) is 29.0 Å². The van der Waals surface area contributed by atoms with E-state index in [4.69, 9.17) is 16.2 Å². The molecule has 30 heavy (non-hydrogen) atoms. The van der Waals surface area contributed by atoms with Crippen molar-refractivity contribution in [1.82, 2.24) is 0 Å². The molecule has 1 saturated carbocycles. The van der Waals surface area contributed by atoms with Gasteiger partial charge >= 0.3 is 6.09 Å². The monoisotopic (exact) mass is 410 g/mol. The summed E-state index contributed by atoms with van der Waals surface area (Å²) in [6, 6.07) is 13.3. The molecule has 3 amide bonds. The van der Waals surface area contributed by atoms with Gasteiger partial charge in [-0.3, -0.25) is 9.59 Å². The number of rotatable bonds is 5. The topological polar surface area (TPSA) is 137 Å². The van der Waals surface area contributed by atoms with Gasteiger partial charge in [-0.05, 0) is 41.8 Å². The first-order chi connectivity index (χ1) is 14.0. The minimum absolute atomic E-state index is 0.140. The third-order valence-electron chi connectivity index (χ3n) is 5.24. The van der Waals surface area contributed by atoms with Crippen LogP contribution in [0.15, 0.2) is 48.5 Å². The molecular weight excluding hydrogens is 384 g/mol. The minimum atomic E-state index is -1.27. The van der Waals surface area contributed by atoms with Crippen LogP contribution >= 0.6 is 0 Å². The Kier molecular flexibility index (Phi) is 5.43. The van der Waals surface area contributed by atoms with Crippen LogP contribution in [0.2, 0.25) is 0 Å². The summed E-state index contributed by atoms with van der Waals surface area (Å²) < 4.78 is 5.21. The average molecular weight is 410 g/mol. The molecule has 0 radical (unpaired) electrons. The summed E-state index contributed by atoms with van der Waals surface area (Å²) in [7, 11) is 0. The van der Waals surface area contributed by atoms with Gasteiger partial charge in [0.15, 0.2) is 5.60 Å². The molecule has 158 valence electrons. The number of para-hydroxylation sites is 2. The predicted octanol–water partition coefficient (Wildman–Crippen LogP) is 3.36. The lowest BCUT2D eigenvalue weighted by Crippen LogP contribution is -2.40. The van der Waals surface area contributed by atoms with Crippen molar-refractivity contribution in [2.75, 3.05) is 16.4 Å². The van der Waals surface area contributed by atoms with E-state index >= 15 is 0 Å². The van der Waals surface area contributed by atoms with Gasteiger partial charge in [-0.15, -0.1) is 0 Å². The van der Waals surface area contributed by atoms with Gasteiger partial charge in [-0.25, -0.2) is 4.79 Å². The summed E-state index contributed by atoms with van der Waals surface area (Å²) in [5.41, 5.74) is 11.4. The normalized spacial score (nSPS) is 20.2. The molecule has 2 atom stereocenters. The van der Waals surface area contributed by atoms with E-state index in [2.05, 4.69) is 10.6 Å². The largest absolute Gasteiger partial charge is 0.433 e. The predicted molar refractivity (Wildman–Crippen MR) is 115 cm³/mol. The van der Waals surface area contributed by atoms with E-state index < -0.39 is 17.6 Å². The molecule has 1 fully saturated rings. The zero-order chi connectivity index (χ0) is 22.1. The third kappa shape index (κ3) is 4.37. The van der Waals surface area contributed by atoms with Gasteiger partial charge in [0.2, 0.25) is 0 Å². The first kappa shape index (κ1) is 21.2. The van der Waals surface area contributed by atoms with Gasteiger partial charge in [0.1, 0.15) is 0 Å². The number of nitrogens with one attached hydrogen (secondary N) is 2. The number of anilines is 3. The van der Waals surface area contributed by atoms with Crippen LogP contribution in [0.1, 0.15) is 37.6 Å². The number of hydrogen-bond acceptors (Lipinski definition) is 5. The van der Waals surface area contributed by atoms with Crippen LogP contribution in [0, 0.1) is 11.3 Å². The fraction of sp³-hybridized carbons (Fsp3) is 0.318. The number of nitrogen functional groups attached to an aromatic ring is 1. The van der Waals surface area contributed by atoms with E-state index in [9.17, 15) is 14.4 Å². The third-order valence-corrected chi connectivity index (χ3v) is 5.24. The van der Waals surface area contributed by atoms with Gasteiger partial charge in [0.05, 0.1) is 11.4 Å².